The molecule has 0 amide bonds. The fourth-order valence-electron chi connectivity index (χ4n) is 2.18. The molecule has 0 aromatic heterocycles. The van der Waals surface area contributed by atoms with Crippen LogP contribution in [0.1, 0.15) is 22.8 Å². The van der Waals surface area contributed by atoms with Crippen molar-refractivity contribution in [1.82, 2.24) is 0 Å². The fourth-order valence-corrected chi connectivity index (χ4v) is 2.18. The molecule has 3 rings (SSSR count). The second-order valence-corrected chi connectivity index (χ2v) is 4.56. The van der Waals surface area contributed by atoms with Gasteiger partial charge in [0.2, 0.25) is 11.5 Å². The van der Waals surface area contributed by atoms with Crippen LogP contribution < -0.4 is 4.74 Å². The van der Waals surface area contributed by atoms with Gasteiger partial charge in [0.25, 0.3) is 0 Å². The summed E-state index contributed by atoms with van der Waals surface area (Å²) >= 11 is 0. The molecular formula is C16H12O4. The molecule has 2 N–H and O–H groups in total. The summed E-state index contributed by atoms with van der Waals surface area (Å²) in [6.45, 7) is 1.78. The van der Waals surface area contributed by atoms with Crippen LogP contribution in [0.3, 0.4) is 0 Å². The second kappa shape index (κ2) is 4.42. The minimum atomic E-state index is -0.410. The van der Waals surface area contributed by atoms with E-state index in [1.165, 1.54) is 12.1 Å². The Bertz CT molecular complexity index is 730. The number of allylic oxidation sites excluding steroid dienone is 2. The van der Waals surface area contributed by atoms with Gasteiger partial charge in [0.05, 0.1) is 5.56 Å². The fraction of sp³-hybridized carbons (Fsp3) is 0.0625. The van der Waals surface area contributed by atoms with E-state index in [-0.39, 0.29) is 28.6 Å². The lowest BCUT2D eigenvalue weighted by molar-refractivity contribution is 0.101. The summed E-state index contributed by atoms with van der Waals surface area (Å²) in [5, 5.41) is 19.2. The average molecular weight is 268 g/mol. The summed E-state index contributed by atoms with van der Waals surface area (Å²) in [4.78, 5) is 12.3. The van der Waals surface area contributed by atoms with Crippen molar-refractivity contribution in [1.29, 1.82) is 0 Å². The highest BCUT2D eigenvalue weighted by molar-refractivity contribution is 6.16. The van der Waals surface area contributed by atoms with E-state index in [0.29, 0.717) is 5.57 Å². The quantitative estimate of drug-likeness (QED) is 0.616. The van der Waals surface area contributed by atoms with E-state index < -0.39 is 5.75 Å². The zero-order chi connectivity index (χ0) is 14.3. The van der Waals surface area contributed by atoms with Gasteiger partial charge in [0, 0.05) is 5.57 Å². The predicted octanol–water partition coefficient (Wildman–Crippen LogP) is 3.10. The normalized spacial score (nSPS) is 15.8. The van der Waals surface area contributed by atoms with Crippen LogP contribution in [0, 0.1) is 0 Å². The SMILES string of the molecule is CC(=C1Oc2c(ccc(O)c2O)C1=O)c1ccccc1. The van der Waals surface area contributed by atoms with Crippen LogP contribution in [0.2, 0.25) is 0 Å². The number of ether oxygens (including phenoxy) is 1. The smallest absolute Gasteiger partial charge is 0.232 e. The van der Waals surface area contributed by atoms with Crippen molar-refractivity contribution in [2.24, 2.45) is 0 Å². The molecule has 0 fully saturated rings. The van der Waals surface area contributed by atoms with Gasteiger partial charge in [-0.1, -0.05) is 30.3 Å². The van der Waals surface area contributed by atoms with Crippen molar-refractivity contribution in [3.8, 4) is 17.2 Å². The first-order valence-electron chi connectivity index (χ1n) is 6.13. The number of Topliss-reactive ketones (excluding diaryl/α,β-unsaturated/α-hetero) is 1. The van der Waals surface area contributed by atoms with Crippen molar-refractivity contribution < 1.29 is 19.7 Å². The van der Waals surface area contributed by atoms with Crippen LogP contribution in [-0.2, 0) is 0 Å². The van der Waals surface area contributed by atoms with Gasteiger partial charge >= 0.3 is 0 Å². The van der Waals surface area contributed by atoms with Crippen molar-refractivity contribution in [2.45, 2.75) is 6.92 Å². The number of hydrogen-bond donors (Lipinski definition) is 2. The summed E-state index contributed by atoms with van der Waals surface area (Å²) in [5.74, 6) is -0.828. The molecule has 1 aliphatic rings. The Morgan fingerprint density at radius 1 is 1.05 bits per heavy atom. The Labute approximate surface area is 115 Å². The van der Waals surface area contributed by atoms with Crippen LogP contribution in [0.25, 0.3) is 5.57 Å². The number of rotatable bonds is 1. The van der Waals surface area contributed by atoms with Crippen molar-refractivity contribution >= 4 is 11.4 Å². The molecule has 2 aromatic carbocycles. The number of carbonyl (C=O) groups excluding carboxylic acids is 1. The second-order valence-electron chi connectivity index (χ2n) is 4.56. The number of phenols is 2. The molecule has 0 spiro atoms. The van der Waals surface area contributed by atoms with Gasteiger partial charge in [-0.3, -0.25) is 4.79 Å². The average Bonchev–Trinajstić information content (AvgIpc) is 2.81. The molecule has 0 bridgehead atoms. The molecule has 100 valence electrons. The van der Waals surface area contributed by atoms with Crippen LogP contribution in [0.15, 0.2) is 48.2 Å². The van der Waals surface area contributed by atoms with Crippen LogP contribution in [-0.4, -0.2) is 16.0 Å². The maximum Gasteiger partial charge on any atom is 0.232 e. The van der Waals surface area contributed by atoms with E-state index in [1.54, 1.807) is 6.92 Å². The number of hydrogen-bond acceptors (Lipinski definition) is 4. The highest BCUT2D eigenvalue weighted by atomic mass is 16.5. The Morgan fingerprint density at radius 2 is 1.75 bits per heavy atom. The number of aromatic hydroxyl groups is 2. The van der Waals surface area contributed by atoms with E-state index in [1.807, 2.05) is 30.3 Å². The van der Waals surface area contributed by atoms with Gasteiger partial charge in [-0.15, -0.1) is 0 Å². The molecule has 4 heteroatoms. The Hall–Kier alpha value is -2.75. The summed E-state index contributed by atoms with van der Waals surface area (Å²) in [7, 11) is 0. The third kappa shape index (κ3) is 1.73. The van der Waals surface area contributed by atoms with Gasteiger partial charge in [-0.05, 0) is 24.6 Å². The minimum Gasteiger partial charge on any atom is -0.504 e. The Balaban J connectivity index is 2.13. The standard InChI is InChI=1S/C16H12O4/c1-9(10-5-3-2-4-6-10)15-13(18)11-7-8-12(17)14(19)16(11)20-15/h2-8,17,19H,1H3. The third-order valence-electron chi connectivity index (χ3n) is 3.31. The minimum absolute atomic E-state index is 0.0141. The zero-order valence-electron chi connectivity index (χ0n) is 10.8. The highest BCUT2D eigenvalue weighted by Crippen LogP contribution is 2.45. The van der Waals surface area contributed by atoms with Crippen molar-refractivity contribution in [3.05, 3.63) is 59.4 Å². The molecule has 1 aliphatic heterocycles. The first kappa shape index (κ1) is 12.3. The van der Waals surface area contributed by atoms with E-state index >= 15 is 0 Å². The van der Waals surface area contributed by atoms with E-state index in [4.69, 9.17) is 4.74 Å². The van der Waals surface area contributed by atoms with Crippen molar-refractivity contribution in [3.63, 3.8) is 0 Å². The first-order valence-corrected chi connectivity index (χ1v) is 6.13. The topological polar surface area (TPSA) is 66.8 Å². The maximum absolute atomic E-state index is 12.3. The van der Waals surface area contributed by atoms with Crippen LogP contribution in [0.4, 0.5) is 0 Å². The van der Waals surface area contributed by atoms with E-state index in [2.05, 4.69) is 0 Å². The van der Waals surface area contributed by atoms with Gasteiger partial charge in [-0.2, -0.15) is 0 Å². The highest BCUT2D eigenvalue weighted by Gasteiger charge is 2.32. The molecule has 1 heterocycles. The third-order valence-corrected chi connectivity index (χ3v) is 3.31. The lowest BCUT2D eigenvalue weighted by Gasteiger charge is -2.06. The Morgan fingerprint density at radius 3 is 2.45 bits per heavy atom. The van der Waals surface area contributed by atoms with Gasteiger partial charge in [0.1, 0.15) is 0 Å². The largest absolute Gasteiger partial charge is 0.504 e. The van der Waals surface area contributed by atoms with Crippen molar-refractivity contribution in [2.75, 3.05) is 0 Å². The number of benzene rings is 2. The van der Waals surface area contributed by atoms with E-state index in [9.17, 15) is 15.0 Å². The lowest BCUT2D eigenvalue weighted by atomic mass is 10.0. The monoisotopic (exact) mass is 268 g/mol. The lowest BCUT2D eigenvalue weighted by Crippen LogP contribution is -2.01. The van der Waals surface area contributed by atoms with Gasteiger partial charge in [0.15, 0.2) is 17.3 Å². The predicted molar refractivity (Wildman–Crippen MR) is 73.8 cm³/mol. The molecule has 0 saturated carbocycles. The van der Waals surface area contributed by atoms with Crippen LogP contribution >= 0.6 is 0 Å². The molecule has 2 aromatic rings. The number of carbonyl (C=O) groups is 1. The summed E-state index contributed by atoms with van der Waals surface area (Å²) in [6, 6.07) is 12.1. The van der Waals surface area contributed by atoms with Crippen LogP contribution in [0.5, 0.6) is 17.2 Å². The molecule has 20 heavy (non-hydrogen) atoms. The summed E-state index contributed by atoms with van der Waals surface area (Å²) < 4.78 is 5.47. The number of fused-ring (bicyclic) bond motifs is 1. The van der Waals surface area contributed by atoms with E-state index in [0.717, 1.165) is 5.56 Å². The number of phenolic OH excluding ortho intramolecular Hbond substituents is 2. The Kier molecular flexibility index (Phi) is 2.71. The maximum atomic E-state index is 12.3. The molecular weight excluding hydrogens is 256 g/mol. The molecule has 4 nitrogen and oxygen atoms in total. The molecule has 0 radical (unpaired) electrons. The zero-order valence-corrected chi connectivity index (χ0v) is 10.8. The first-order chi connectivity index (χ1) is 9.59. The summed E-state index contributed by atoms with van der Waals surface area (Å²) in [6.07, 6.45) is 0. The van der Waals surface area contributed by atoms with Gasteiger partial charge in [-0.25, -0.2) is 0 Å². The number of ketones is 1. The molecule has 0 aliphatic carbocycles. The molecule has 0 saturated heterocycles. The van der Waals surface area contributed by atoms with Gasteiger partial charge < -0.3 is 14.9 Å². The summed E-state index contributed by atoms with van der Waals surface area (Å²) in [5.41, 5.74) is 1.81. The molecule has 0 unspecified atom stereocenters. The molecule has 0 atom stereocenters.